The first-order chi connectivity index (χ1) is 7.08. The minimum atomic E-state index is -0.985. The second kappa shape index (κ2) is 3.89. The van der Waals surface area contributed by atoms with Crippen LogP contribution >= 0.6 is 0 Å². The van der Waals surface area contributed by atoms with Gasteiger partial charge < -0.3 is 14.6 Å². The van der Waals surface area contributed by atoms with Crippen molar-refractivity contribution in [1.82, 2.24) is 0 Å². The van der Waals surface area contributed by atoms with E-state index in [4.69, 9.17) is 9.47 Å². The molecule has 1 N–H and O–H groups in total. The van der Waals surface area contributed by atoms with Gasteiger partial charge in [-0.15, -0.1) is 6.58 Å². The van der Waals surface area contributed by atoms with Gasteiger partial charge in [-0.2, -0.15) is 0 Å². The largest absolute Gasteiger partial charge is 0.383 e. The smallest absolute Gasteiger partial charge is 0.169 e. The molecule has 2 fully saturated rings. The van der Waals surface area contributed by atoms with Crippen LogP contribution in [0, 0.1) is 0 Å². The maximum atomic E-state index is 10.0. The summed E-state index contributed by atoms with van der Waals surface area (Å²) in [5.74, 6) is -0.407. The zero-order valence-electron chi connectivity index (χ0n) is 9.37. The summed E-state index contributed by atoms with van der Waals surface area (Å²) >= 11 is 0. The Morgan fingerprint density at radius 1 is 1.40 bits per heavy atom. The lowest BCUT2D eigenvalue weighted by Gasteiger charge is -2.33. The second-order valence-electron chi connectivity index (χ2n) is 4.82. The third-order valence-corrected chi connectivity index (χ3v) is 3.54. The van der Waals surface area contributed by atoms with E-state index in [2.05, 4.69) is 6.58 Å². The standard InChI is InChI=1S/C12H20O3/c1-3-11(2,13)10-9-14-12(15-10)7-5-4-6-8-12/h3,10,13H,1,4-9H2,2H3/t10-,11+/m1/s1. The van der Waals surface area contributed by atoms with E-state index in [0.717, 1.165) is 25.7 Å². The zero-order chi connectivity index (χ0) is 10.9. The molecule has 0 bridgehead atoms. The molecule has 3 heteroatoms. The van der Waals surface area contributed by atoms with Crippen molar-refractivity contribution in [2.45, 2.75) is 56.5 Å². The summed E-state index contributed by atoms with van der Waals surface area (Å²) in [7, 11) is 0. The topological polar surface area (TPSA) is 38.7 Å². The van der Waals surface area contributed by atoms with E-state index in [1.54, 1.807) is 6.92 Å². The van der Waals surface area contributed by atoms with Crippen molar-refractivity contribution in [1.29, 1.82) is 0 Å². The normalized spacial score (nSPS) is 33.9. The van der Waals surface area contributed by atoms with Crippen LogP contribution in [0.4, 0.5) is 0 Å². The van der Waals surface area contributed by atoms with Crippen molar-refractivity contribution >= 4 is 0 Å². The van der Waals surface area contributed by atoms with Crippen molar-refractivity contribution in [2.75, 3.05) is 6.61 Å². The summed E-state index contributed by atoms with van der Waals surface area (Å²) in [6.45, 7) is 5.81. The van der Waals surface area contributed by atoms with Gasteiger partial charge in [-0.25, -0.2) is 0 Å². The fourth-order valence-electron chi connectivity index (χ4n) is 2.33. The molecule has 1 spiro atoms. The van der Waals surface area contributed by atoms with Gasteiger partial charge in [0.25, 0.3) is 0 Å². The Bertz CT molecular complexity index is 241. The number of aliphatic hydroxyl groups is 1. The van der Waals surface area contributed by atoms with Crippen molar-refractivity contribution in [2.24, 2.45) is 0 Å². The molecule has 0 aromatic rings. The van der Waals surface area contributed by atoms with Crippen LogP contribution in [0.15, 0.2) is 12.7 Å². The first-order valence-electron chi connectivity index (χ1n) is 5.76. The van der Waals surface area contributed by atoms with Crippen LogP contribution in [0.25, 0.3) is 0 Å². The molecule has 2 aliphatic rings. The van der Waals surface area contributed by atoms with E-state index in [0.29, 0.717) is 6.61 Å². The third-order valence-electron chi connectivity index (χ3n) is 3.54. The van der Waals surface area contributed by atoms with E-state index < -0.39 is 11.4 Å². The number of ether oxygens (including phenoxy) is 2. The number of hydrogen-bond donors (Lipinski definition) is 1. The van der Waals surface area contributed by atoms with E-state index >= 15 is 0 Å². The minimum Gasteiger partial charge on any atom is -0.383 e. The van der Waals surface area contributed by atoms with Crippen LogP contribution in [0.3, 0.4) is 0 Å². The van der Waals surface area contributed by atoms with E-state index in [9.17, 15) is 5.11 Å². The Hall–Kier alpha value is -0.380. The van der Waals surface area contributed by atoms with Crippen LogP contribution in [-0.4, -0.2) is 29.2 Å². The van der Waals surface area contributed by atoms with Gasteiger partial charge in [0.05, 0.1) is 6.61 Å². The summed E-state index contributed by atoms with van der Waals surface area (Å²) in [5, 5.41) is 10.0. The molecule has 0 unspecified atom stereocenters. The summed E-state index contributed by atoms with van der Waals surface area (Å²) in [6, 6.07) is 0. The van der Waals surface area contributed by atoms with Gasteiger partial charge in [-0.3, -0.25) is 0 Å². The maximum absolute atomic E-state index is 10.0. The zero-order valence-corrected chi connectivity index (χ0v) is 9.37. The van der Waals surface area contributed by atoms with Gasteiger partial charge in [-0.1, -0.05) is 12.5 Å². The SMILES string of the molecule is C=C[C@](C)(O)[C@H]1COC2(CCCCC2)O1. The highest BCUT2D eigenvalue weighted by Gasteiger charge is 2.47. The van der Waals surface area contributed by atoms with Gasteiger partial charge in [0.1, 0.15) is 11.7 Å². The van der Waals surface area contributed by atoms with Crippen molar-refractivity contribution in [3.8, 4) is 0 Å². The molecule has 0 radical (unpaired) electrons. The molecule has 0 aromatic carbocycles. The average Bonchev–Trinajstić information content (AvgIpc) is 2.64. The van der Waals surface area contributed by atoms with E-state index in [1.165, 1.54) is 12.5 Å². The Morgan fingerprint density at radius 2 is 2.07 bits per heavy atom. The van der Waals surface area contributed by atoms with Gasteiger partial charge in [0, 0.05) is 12.8 Å². The lowest BCUT2D eigenvalue weighted by atomic mass is 9.94. The highest BCUT2D eigenvalue weighted by Crippen LogP contribution is 2.40. The van der Waals surface area contributed by atoms with Gasteiger partial charge in [0.15, 0.2) is 5.79 Å². The second-order valence-corrected chi connectivity index (χ2v) is 4.82. The van der Waals surface area contributed by atoms with Crippen LogP contribution in [0.1, 0.15) is 39.0 Å². The summed E-state index contributed by atoms with van der Waals surface area (Å²) < 4.78 is 11.7. The third kappa shape index (κ3) is 2.10. The molecule has 86 valence electrons. The lowest BCUT2D eigenvalue weighted by molar-refractivity contribution is -0.200. The molecular formula is C12H20O3. The van der Waals surface area contributed by atoms with Crippen LogP contribution in [0.2, 0.25) is 0 Å². The quantitative estimate of drug-likeness (QED) is 0.711. The predicted octanol–water partition coefficient (Wildman–Crippen LogP) is 2.00. The first kappa shape index (κ1) is 11.1. The monoisotopic (exact) mass is 212 g/mol. The summed E-state index contributed by atoms with van der Waals surface area (Å²) in [5.41, 5.74) is -0.985. The van der Waals surface area contributed by atoms with E-state index in [1.807, 2.05) is 0 Å². The molecule has 2 rings (SSSR count). The van der Waals surface area contributed by atoms with Crippen molar-refractivity contribution in [3.63, 3.8) is 0 Å². The summed E-state index contributed by atoms with van der Waals surface area (Å²) in [6.07, 6.45) is 6.74. The Balaban J connectivity index is 2.02. The fraction of sp³-hybridized carbons (Fsp3) is 0.833. The Kier molecular flexibility index (Phi) is 2.88. The predicted molar refractivity (Wildman–Crippen MR) is 57.5 cm³/mol. The number of hydrogen-bond acceptors (Lipinski definition) is 3. The molecule has 1 aliphatic carbocycles. The molecular weight excluding hydrogens is 192 g/mol. The van der Waals surface area contributed by atoms with Gasteiger partial charge >= 0.3 is 0 Å². The molecule has 15 heavy (non-hydrogen) atoms. The number of rotatable bonds is 2. The van der Waals surface area contributed by atoms with Gasteiger partial charge in [0.2, 0.25) is 0 Å². The highest BCUT2D eigenvalue weighted by molar-refractivity contribution is 5.01. The Morgan fingerprint density at radius 3 is 2.67 bits per heavy atom. The maximum Gasteiger partial charge on any atom is 0.169 e. The molecule has 3 nitrogen and oxygen atoms in total. The van der Waals surface area contributed by atoms with Crippen molar-refractivity contribution < 1.29 is 14.6 Å². The molecule has 1 saturated heterocycles. The van der Waals surface area contributed by atoms with Crippen LogP contribution in [-0.2, 0) is 9.47 Å². The average molecular weight is 212 g/mol. The van der Waals surface area contributed by atoms with Crippen LogP contribution in [0.5, 0.6) is 0 Å². The molecule has 0 amide bonds. The summed E-state index contributed by atoms with van der Waals surface area (Å²) in [4.78, 5) is 0. The van der Waals surface area contributed by atoms with Crippen LogP contribution < -0.4 is 0 Å². The van der Waals surface area contributed by atoms with E-state index in [-0.39, 0.29) is 6.10 Å². The molecule has 1 saturated carbocycles. The first-order valence-corrected chi connectivity index (χ1v) is 5.76. The minimum absolute atomic E-state index is 0.270. The van der Waals surface area contributed by atoms with Crippen molar-refractivity contribution in [3.05, 3.63) is 12.7 Å². The highest BCUT2D eigenvalue weighted by atomic mass is 16.7. The van der Waals surface area contributed by atoms with Gasteiger partial charge in [-0.05, 0) is 19.8 Å². The molecule has 0 aromatic heterocycles. The molecule has 1 heterocycles. The molecule has 1 aliphatic heterocycles. The molecule has 2 atom stereocenters. The lowest BCUT2D eigenvalue weighted by Crippen LogP contribution is -2.41. The Labute approximate surface area is 91.1 Å². The fourth-order valence-corrected chi connectivity index (χ4v) is 2.33.